The largest absolute Gasteiger partial charge is 0.501 e. The molecule has 0 bridgehead atoms. The molecule has 14 heteroatoms. The Balaban J connectivity index is 2.56. The quantitative estimate of drug-likeness (QED) is 0.486. The van der Waals surface area contributed by atoms with E-state index in [1.807, 2.05) is 4.72 Å². The van der Waals surface area contributed by atoms with E-state index in [1.54, 1.807) is 6.92 Å². The number of halogens is 3. The molecule has 0 aliphatic heterocycles. The van der Waals surface area contributed by atoms with Gasteiger partial charge in [-0.1, -0.05) is 6.07 Å². The number of non-ortho nitro benzene ring substituents is 1. The first-order valence-electron chi connectivity index (χ1n) is 7.76. The van der Waals surface area contributed by atoms with Crippen molar-refractivity contribution in [2.45, 2.75) is 22.2 Å². The second-order valence-electron chi connectivity index (χ2n) is 5.55. The molecule has 2 aromatic carbocycles. The lowest BCUT2D eigenvalue weighted by molar-refractivity contribution is -0.385. The fraction of sp³-hybridized carbons (Fsp3) is 0.200. The number of sulfone groups is 1. The zero-order valence-electron chi connectivity index (χ0n) is 14.6. The Morgan fingerprint density at radius 2 is 1.66 bits per heavy atom. The van der Waals surface area contributed by atoms with Gasteiger partial charge in [0.25, 0.3) is 25.5 Å². The molecule has 2 rings (SSSR count). The lowest BCUT2D eigenvalue weighted by atomic mass is 10.2. The summed E-state index contributed by atoms with van der Waals surface area (Å²) in [7, 11) is -10.2. The van der Waals surface area contributed by atoms with Crippen LogP contribution in [-0.2, 0) is 19.9 Å². The highest BCUT2D eigenvalue weighted by molar-refractivity contribution is 7.93. The Hall–Kier alpha value is -2.87. The molecule has 0 fully saturated rings. The van der Waals surface area contributed by atoms with Gasteiger partial charge in [0, 0.05) is 18.7 Å². The van der Waals surface area contributed by atoms with Gasteiger partial charge in [-0.2, -0.15) is 13.2 Å². The minimum Gasteiger partial charge on any atom is -0.384 e. The van der Waals surface area contributed by atoms with Gasteiger partial charge in [0.15, 0.2) is 0 Å². The molecule has 29 heavy (non-hydrogen) atoms. The molecule has 2 N–H and O–H groups in total. The maximum Gasteiger partial charge on any atom is 0.501 e. The molecule has 0 radical (unpaired) electrons. The highest BCUT2D eigenvalue weighted by Gasteiger charge is 2.47. The summed E-state index contributed by atoms with van der Waals surface area (Å²) in [6, 6.07) is 6.15. The third-order valence-corrected chi connectivity index (χ3v) is 6.40. The van der Waals surface area contributed by atoms with E-state index in [0.717, 1.165) is 30.3 Å². The van der Waals surface area contributed by atoms with Crippen LogP contribution in [0.2, 0.25) is 0 Å². The van der Waals surface area contributed by atoms with E-state index >= 15 is 0 Å². The molecule has 0 spiro atoms. The molecule has 2 aromatic rings. The van der Waals surface area contributed by atoms with Gasteiger partial charge in [-0.25, -0.2) is 16.8 Å². The molecule has 0 saturated carbocycles. The average molecular weight is 453 g/mol. The van der Waals surface area contributed by atoms with Crippen LogP contribution in [0.5, 0.6) is 0 Å². The summed E-state index contributed by atoms with van der Waals surface area (Å²) < 4.78 is 88.8. The minimum absolute atomic E-state index is 0.0163. The predicted octanol–water partition coefficient (Wildman–Crippen LogP) is 3.12. The van der Waals surface area contributed by atoms with Crippen molar-refractivity contribution in [1.82, 2.24) is 0 Å². The molecular formula is C15H14F3N3O6S2. The number of benzene rings is 2. The van der Waals surface area contributed by atoms with Gasteiger partial charge in [0.05, 0.1) is 26.1 Å². The van der Waals surface area contributed by atoms with Crippen LogP contribution in [0.25, 0.3) is 0 Å². The van der Waals surface area contributed by atoms with Crippen LogP contribution in [0.1, 0.15) is 6.92 Å². The fourth-order valence-electron chi connectivity index (χ4n) is 2.22. The Morgan fingerprint density at radius 1 is 1.00 bits per heavy atom. The molecule has 0 aliphatic carbocycles. The maximum atomic E-state index is 12.8. The molecule has 0 aromatic heterocycles. The number of hydrogen-bond acceptors (Lipinski definition) is 7. The fourth-order valence-corrected chi connectivity index (χ4v) is 4.12. The van der Waals surface area contributed by atoms with Crippen molar-refractivity contribution in [3.05, 3.63) is 52.6 Å². The lowest BCUT2D eigenvalue weighted by Gasteiger charge is -2.16. The predicted molar refractivity (Wildman–Crippen MR) is 97.8 cm³/mol. The van der Waals surface area contributed by atoms with E-state index in [0.29, 0.717) is 12.1 Å². The Labute approximate surface area is 163 Å². The van der Waals surface area contributed by atoms with Gasteiger partial charge < -0.3 is 5.32 Å². The van der Waals surface area contributed by atoms with Crippen molar-refractivity contribution < 1.29 is 34.9 Å². The monoisotopic (exact) mass is 453 g/mol. The van der Waals surface area contributed by atoms with Gasteiger partial charge in [0.1, 0.15) is 0 Å². The first kappa shape index (κ1) is 22.4. The maximum absolute atomic E-state index is 12.8. The van der Waals surface area contributed by atoms with Crippen molar-refractivity contribution in [3.8, 4) is 0 Å². The second-order valence-corrected chi connectivity index (χ2v) is 9.17. The van der Waals surface area contributed by atoms with E-state index < -0.39 is 51.5 Å². The number of rotatable bonds is 7. The molecule has 0 aliphatic rings. The number of anilines is 2. The Morgan fingerprint density at radius 3 is 2.21 bits per heavy atom. The first-order chi connectivity index (χ1) is 13.3. The summed E-state index contributed by atoms with van der Waals surface area (Å²) in [6.07, 6.45) is 0. The van der Waals surface area contributed by atoms with Crippen LogP contribution >= 0.6 is 0 Å². The molecular weight excluding hydrogens is 439 g/mol. The highest BCUT2D eigenvalue weighted by Crippen LogP contribution is 2.34. The number of nitro benzene ring substituents is 1. The van der Waals surface area contributed by atoms with Crippen LogP contribution < -0.4 is 10.0 Å². The van der Waals surface area contributed by atoms with Gasteiger partial charge in [-0.15, -0.1) is 0 Å². The summed E-state index contributed by atoms with van der Waals surface area (Å²) in [5.74, 6) is 0. The van der Waals surface area contributed by atoms with E-state index in [-0.39, 0.29) is 12.2 Å². The van der Waals surface area contributed by atoms with Gasteiger partial charge in [0.2, 0.25) is 0 Å². The second kappa shape index (κ2) is 7.87. The van der Waals surface area contributed by atoms with E-state index in [1.165, 1.54) is 0 Å². The van der Waals surface area contributed by atoms with Crippen molar-refractivity contribution in [2.24, 2.45) is 0 Å². The highest BCUT2D eigenvalue weighted by atomic mass is 32.2. The molecule has 0 unspecified atom stereocenters. The van der Waals surface area contributed by atoms with Crippen molar-refractivity contribution in [2.75, 3.05) is 16.6 Å². The van der Waals surface area contributed by atoms with E-state index in [4.69, 9.17) is 0 Å². The number of hydrogen-bond donors (Lipinski definition) is 2. The summed E-state index contributed by atoms with van der Waals surface area (Å²) in [5, 5.41) is 13.5. The minimum atomic E-state index is -5.72. The van der Waals surface area contributed by atoms with Crippen LogP contribution in [-0.4, -0.2) is 33.8 Å². The molecule has 0 amide bonds. The number of nitrogens with one attached hydrogen (secondary N) is 2. The zero-order chi connectivity index (χ0) is 22.0. The van der Waals surface area contributed by atoms with Crippen LogP contribution in [0.3, 0.4) is 0 Å². The van der Waals surface area contributed by atoms with E-state index in [2.05, 4.69) is 5.32 Å². The number of sulfonamides is 1. The third-order valence-electron chi connectivity index (χ3n) is 3.56. The van der Waals surface area contributed by atoms with Crippen LogP contribution in [0.15, 0.2) is 52.3 Å². The summed E-state index contributed by atoms with van der Waals surface area (Å²) in [4.78, 5) is 8.32. The topological polar surface area (TPSA) is 135 Å². The summed E-state index contributed by atoms with van der Waals surface area (Å²) >= 11 is 0. The van der Waals surface area contributed by atoms with Crippen LogP contribution in [0, 0.1) is 10.1 Å². The number of alkyl halides is 3. The lowest BCUT2D eigenvalue weighted by Crippen LogP contribution is -2.23. The standard InChI is InChI=1S/C15H14F3N3O6S2/c1-2-19-13-7-6-11(28(24,25)15(16,17)18)9-14(13)20-29(26,27)12-5-3-4-10(8-12)21(22)23/h3-9,19-20H,2H2,1H3. The average Bonchev–Trinajstić information content (AvgIpc) is 2.62. The van der Waals surface area contributed by atoms with E-state index in [9.17, 15) is 40.1 Å². The molecule has 0 atom stereocenters. The number of nitrogens with zero attached hydrogens (tertiary/aromatic N) is 1. The van der Waals surface area contributed by atoms with Crippen molar-refractivity contribution in [3.63, 3.8) is 0 Å². The van der Waals surface area contributed by atoms with Crippen LogP contribution in [0.4, 0.5) is 30.2 Å². The third kappa shape index (κ3) is 4.76. The SMILES string of the molecule is CCNc1ccc(S(=O)(=O)C(F)(F)F)cc1NS(=O)(=O)c1cccc([N+](=O)[O-])c1. The smallest absolute Gasteiger partial charge is 0.384 e. The molecule has 0 saturated heterocycles. The molecule has 158 valence electrons. The first-order valence-corrected chi connectivity index (χ1v) is 10.7. The van der Waals surface area contributed by atoms with Crippen molar-refractivity contribution in [1.29, 1.82) is 0 Å². The Kier molecular flexibility index (Phi) is 6.08. The zero-order valence-corrected chi connectivity index (χ0v) is 16.2. The van der Waals surface area contributed by atoms with Crippen molar-refractivity contribution >= 4 is 36.9 Å². The molecule has 0 heterocycles. The van der Waals surface area contributed by atoms with Gasteiger partial charge in [-0.3, -0.25) is 14.8 Å². The Bertz CT molecular complexity index is 1150. The number of nitro groups is 1. The van der Waals surface area contributed by atoms with Gasteiger partial charge >= 0.3 is 5.51 Å². The molecule has 9 nitrogen and oxygen atoms in total. The van der Waals surface area contributed by atoms with Gasteiger partial charge in [-0.05, 0) is 31.2 Å². The normalized spacial score (nSPS) is 12.4. The summed E-state index contributed by atoms with van der Waals surface area (Å²) in [5.41, 5.74) is -6.55. The summed E-state index contributed by atoms with van der Waals surface area (Å²) in [6.45, 7) is 1.87.